The number of pyridine rings is 1. The van der Waals surface area contributed by atoms with Crippen LogP contribution in [0.2, 0.25) is 5.02 Å². The fourth-order valence-electron chi connectivity index (χ4n) is 2.40. The van der Waals surface area contributed by atoms with Crippen LogP contribution < -0.4 is 10.1 Å². The maximum atomic E-state index is 12.0. The molecular weight excluding hydrogens is 348 g/mol. The van der Waals surface area contributed by atoms with E-state index in [1.165, 1.54) is 0 Å². The third-order valence-corrected chi connectivity index (χ3v) is 4.07. The van der Waals surface area contributed by atoms with E-state index in [2.05, 4.69) is 10.3 Å². The Bertz CT molecular complexity index is 834. The van der Waals surface area contributed by atoms with Gasteiger partial charge in [-0.2, -0.15) is 0 Å². The van der Waals surface area contributed by atoms with Crippen molar-refractivity contribution in [1.82, 2.24) is 10.3 Å². The molecule has 3 rings (SSSR count). The van der Waals surface area contributed by atoms with Gasteiger partial charge >= 0.3 is 0 Å². The molecule has 0 atom stereocenters. The maximum absolute atomic E-state index is 12.0. The molecule has 0 bridgehead atoms. The molecule has 0 saturated heterocycles. The predicted octanol–water partition coefficient (Wildman–Crippen LogP) is 4.17. The van der Waals surface area contributed by atoms with Crippen LogP contribution in [-0.2, 0) is 24.4 Å². The van der Waals surface area contributed by atoms with E-state index in [1.54, 1.807) is 24.5 Å². The second-order valence-corrected chi connectivity index (χ2v) is 6.31. The highest BCUT2D eigenvalue weighted by atomic mass is 35.5. The molecule has 5 heteroatoms. The summed E-state index contributed by atoms with van der Waals surface area (Å²) in [6.07, 6.45) is 3.85. The molecular formula is C21H19ClN2O2. The second-order valence-electron chi connectivity index (χ2n) is 5.87. The van der Waals surface area contributed by atoms with Crippen molar-refractivity contribution in [2.24, 2.45) is 0 Å². The SMILES string of the molecule is O=C(Cc1ccc(Cl)cc1)NCc1ccc(OCc2cccnc2)cc1. The summed E-state index contributed by atoms with van der Waals surface area (Å²) in [5.74, 6) is 0.759. The van der Waals surface area contributed by atoms with Crippen LogP contribution in [0.5, 0.6) is 5.75 Å². The Morgan fingerprint density at radius 1 is 0.962 bits per heavy atom. The van der Waals surface area contributed by atoms with Crippen LogP contribution in [0.25, 0.3) is 0 Å². The number of ether oxygens (including phenoxy) is 1. The van der Waals surface area contributed by atoms with Crippen LogP contribution in [0, 0.1) is 0 Å². The van der Waals surface area contributed by atoms with E-state index in [4.69, 9.17) is 16.3 Å². The molecule has 0 unspecified atom stereocenters. The lowest BCUT2D eigenvalue weighted by Crippen LogP contribution is -2.24. The lowest BCUT2D eigenvalue weighted by Gasteiger charge is -2.08. The van der Waals surface area contributed by atoms with Crippen molar-refractivity contribution in [3.63, 3.8) is 0 Å². The number of nitrogens with zero attached hydrogens (tertiary/aromatic N) is 1. The molecule has 3 aromatic rings. The summed E-state index contributed by atoms with van der Waals surface area (Å²) in [4.78, 5) is 16.1. The summed E-state index contributed by atoms with van der Waals surface area (Å²) >= 11 is 5.85. The number of rotatable bonds is 7. The van der Waals surface area contributed by atoms with Gasteiger partial charge in [-0.05, 0) is 41.5 Å². The number of halogens is 1. The average molecular weight is 367 g/mol. The van der Waals surface area contributed by atoms with E-state index in [0.717, 1.165) is 22.4 Å². The molecule has 0 fully saturated rings. The van der Waals surface area contributed by atoms with Gasteiger partial charge in [0.25, 0.3) is 0 Å². The van der Waals surface area contributed by atoms with E-state index >= 15 is 0 Å². The van der Waals surface area contributed by atoms with Crippen molar-refractivity contribution >= 4 is 17.5 Å². The molecule has 26 heavy (non-hydrogen) atoms. The molecule has 1 amide bonds. The lowest BCUT2D eigenvalue weighted by molar-refractivity contribution is -0.120. The summed E-state index contributed by atoms with van der Waals surface area (Å²) in [6, 6.07) is 18.8. The predicted molar refractivity (Wildman–Crippen MR) is 102 cm³/mol. The molecule has 0 aliphatic carbocycles. The van der Waals surface area contributed by atoms with Crippen molar-refractivity contribution in [2.45, 2.75) is 19.6 Å². The normalized spacial score (nSPS) is 10.3. The standard InChI is InChI=1S/C21H19ClN2O2/c22-19-7-3-16(4-8-19)12-21(25)24-14-17-5-9-20(10-6-17)26-15-18-2-1-11-23-13-18/h1-11,13H,12,14-15H2,(H,24,25). The number of amides is 1. The number of carbonyl (C=O) groups excluding carboxylic acids is 1. The van der Waals surface area contributed by atoms with Gasteiger partial charge in [-0.1, -0.05) is 41.9 Å². The van der Waals surface area contributed by atoms with E-state index in [0.29, 0.717) is 24.6 Å². The summed E-state index contributed by atoms with van der Waals surface area (Å²) in [5.41, 5.74) is 2.97. The molecule has 132 valence electrons. The molecule has 0 aliphatic rings. The highest BCUT2D eigenvalue weighted by Gasteiger charge is 2.04. The molecule has 1 heterocycles. The number of carbonyl (C=O) groups is 1. The first-order valence-corrected chi connectivity index (χ1v) is 8.68. The highest BCUT2D eigenvalue weighted by Crippen LogP contribution is 2.14. The Balaban J connectivity index is 1.45. The molecule has 0 spiro atoms. The first-order valence-electron chi connectivity index (χ1n) is 8.31. The smallest absolute Gasteiger partial charge is 0.224 e. The molecule has 4 nitrogen and oxygen atoms in total. The van der Waals surface area contributed by atoms with Crippen molar-refractivity contribution in [1.29, 1.82) is 0 Å². The first kappa shape index (κ1) is 18.0. The highest BCUT2D eigenvalue weighted by molar-refractivity contribution is 6.30. The molecule has 0 aliphatic heterocycles. The minimum atomic E-state index is -0.0239. The summed E-state index contributed by atoms with van der Waals surface area (Å²) in [7, 11) is 0. The van der Waals surface area contributed by atoms with E-state index in [9.17, 15) is 4.79 Å². The quantitative estimate of drug-likeness (QED) is 0.682. The van der Waals surface area contributed by atoms with Crippen molar-refractivity contribution in [3.05, 3.63) is 94.8 Å². The van der Waals surface area contributed by atoms with Crippen LogP contribution in [0.3, 0.4) is 0 Å². The van der Waals surface area contributed by atoms with Gasteiger partial charge in [0, 0.05) is 29.5 Å². The molecule has 0 radical (unpaired) electrons. The Labute approximate surface area is 157 Å². The molecule has 2 aromatic carbocycles. The van der Waals surface area contributed by atoms with Crippen LogP contribution in [0.4, 0.5) is 0 Å². The number of hydrogen-bond acceptors (Lipinski definition) is 3. The zero-order valence-corrected chi connectivity index (χ0v) is 14.9. The van der Waals surface area contributed by atoms with E-state index < -0.39 is 0 Å². The van der Waals surface area contributed by atoms with Gasteiger partial charge in [-0.3, -0.25) is 9.78 Å². The summed E-state index contributed by atoms with van der Waals surface area (Å²) in [6.45, 7) is 0.959. The summed E-state index contributed by atoms with van der Waals surface area (Å²) in [5, 5.41) is 3.59. The fraction of sp³-hybridized carbons (Fsp3) is 0.143. The van der Waals surface area contributed by atoms with Crippen LogP contribution >= 0.6 is 11.6 Å². The Morgan fingerprint density at radius 2 is 1.69 bits per heavy atom. The fourth-order valence-corrected chi connectivity index (χ4v) is 2.53. The van der Waals surface area contributed by atoms with Gasteiger partial charge in [-0.15, -0.1) is 0 Å². The molecule has 0 saturated carbocycles. The Morgan fingerprint density at radius 3 is 2.38 bits per heavy atom. The zero-order valence-electron chi connectivity index (χ0n) is 14.2. The largest absolute Gasteiger partial charge is 0.489 e. The zero-order chi connectivity index (χ0) is 18.2. The van der Waals surface area contributed by atoms with Crippen molar-refractivity contribution < 1.29 is 9.53 Å². The first-order chi connectivity index (χ1) is 12.7. The molecule has 1 aromatic heterocycles. The third kappa shape index (κ3) is 5.60. The maximum Gasteiger partial charge on any atom is 0.224 e. The number of benzene rings is 2. The van der Waals surface area contributed by atoms with Gasteiger partial charge in [0.15, 0.2) is 0 Å². The van der Waals surface area contributed by atoms with Crippen molar-refractivity contribution in [3.8, 4) is 5.75 Å². The summed E-state index contributed by atoms with van der Waals surface area (Å²) < 4.78 is 5.72. The monoisotopic (exact) mass is 366 g/mol. The average Bonchev–Trinajstić information content (AvgIpc) is 2.68. The van der Waals surface area contributed by atoms with Gasteiger partial charge < -0.3 is 10.1 Å². The van der Waals surface area contributed by atoms with E-state index in [-0.39, 0.29) is 5.91 Å². The number of aromatic nitrogens is 1. The number of hydrogen-bond donors (Lipinski definition) is 1. The molecule has 1 N–H and O–H groups in total. The Hall–Kier alpha value is -2.85. The number of nitrogens with one attached hydrogen (secondary N) is 1. The lowest BCUT2D eigenvalue weighted by atomic mass is 10.1. The van der Waals surface area contributed by atoms with Crippen LogP contribution in [0.1, 0.15) is 16.7 Å². The van der Waals surface area contributed by atoms with Gasteiger partial charge in [-0.25, -0.2) is 0 Å². The van der Waals surface area contributed by atoms with Crippen LogP contribution in [-0.4, -0.2) is 10.9 Å². The van der Waals surface area contributed by atoms with E-state index in [1.807, 2.05) is 48.5 Å². The minimum Gasteiger partial charge on any atom is -0.489 e. The second kappa shape index (κ2) is 9.02. The van der Waals surface area contributed by atoms with Crippen molar-refractivity contribution in [2.75, 3.05) is 0 Å². The minimum absolute atomic E-state index is 0.0239. The third-order valence-electron chi connectivity index (χ3n) is 3.82. The Kier molecular flexibility index (Phi) is 6.23. The van der Waals surface area contributed by atoms with Gasteiger partial charge in [0.2, 0.25) is 5.91 Å². The van der Waals surface area contributed by atoms with Crippen LogP contribution in [0.15, 0.2) is 73.1 Å². The van der Waals surface area contributed by atoms with Gasteiger partial charge in [0.05, 0.1) is 6.42 Å². The topological polar surface area (TPSA) is 51.2 Å². The van der Waals surface area contributed by atoms with Gasteiger partial charge in [0.1, 0.15) is 12.4 Å².